The molecule has 0 aliphatic heterocycles. The van der Waals surface area contributed by atoms with Crippen LogP contribution in [0, 0.1) is 6.92 Å². The van der Waals surface area contributed by atoms with Gasteiger partial charge in [0, 0.05) is 26.7 Å². The lowest BCUT2D eigenvalue weighted by Gasteiger charge is -2.08. The van der Waals surface area contributed by atoms with Crippen molar-refractivity contribution in [3.63, 3.8) is 0 Å². The summed E-state index contributed by atoms with van der Waals surface area (Å²) < 4.78 is 12.4. The molecule has 0 unspecified atom stereocenters. The molecule has 0 spiro atoms. The lowest BCUT2D eigenvalue weighted by molar-refractivity contribution is -0.113. The summed E-state index contributed by atoms with van der Waals surface area (Å²) in [5.74, 6) is 0.278. The van der Waals surface area contributed by atoms with E-state index in [1.807, 2.05) is 35.9 Å². The Bertz CT molecular complexity index is 1270. The number of carbonyl (C=O) groups excluding carboxylic acids is 3. The first-order valence-corrected chi connectivity index (χ1v) is 13.5. The maximum Gasteiger partial charge on any atom is 0.341 e. The van der Waals surface area contributed by atoms with Gasteiger partial charge in [-0.1, -0.05) is 25.1 Å². The molecule has 198 valence electrons. The first-order chi connectivity index (χ1) is 17.7. The third-order valence-electron chi connectivity index (χ3n) is 5.44. The number of esters is 1. The lowest BCUT2D eigenvalue weighted by atomic mass is 10.1. The first-order valence-electron chi connectivity index (χ1n) is 11.7. The number of hydrogen-bond donors (Lipinski definition) is 1. The van der Waals surface area contributed by atoms with E-state index in [0.29, 0.717) is 28.0 Å². The number of nitrogens with zero attached hydrogens (tertiary/aromatic N) is 4. The van der Waals surface area contributed by atoms with Gasteiger partial charge in [0.2, 0.25) is 5.91 Å². The quantitative estimate of drug-likeness (QED) is 0.216. The second-order valence-corrected chi connectivity index (χ2v) is 10.3. The predicted molar refractivity (Wildman–Crippen MR) is 145 cm³/mol. The van der Waals surface area contributed by atoms with Gasteiger partial charge in [-0.05, 0) is 43.2 Å². The highest BCUT2D eigenvalue weighted by molar-refractivity contribution is 7.99. The second-order valence-electron chi connectivity index (χ2n) is 8.38. The fourth-order valence-electron chi connectivity index (χ4n) is 3.38. The zero-order valence-corrected chi connectivity index (χ0v) is 23.4. The number of thioether (sulfide) groups is 1. The molecular formula is C25H31N5O5S2. The number of hydrogen-bond acceptors (Lipinski definition) is 9. The molecule has 3 rings (SSSR count). The van der Waals surface area contributed by atoms with Crippen molar-refractivity contribution in [2.45, 2.75) is 31.8 Å². The van der Waals surface area contributed by atoms with Gasteiger partial charge in [0.1, 0.15) is 10.8 Å². The number of thiophene rings is 1. The minimum atomic E-state index is -0.616. The Balaban J connectivity index is 1.69. The number of aromatic nitrogens is 3. The molecular weight excluding hydrogens is 514 g/mol. The maximum atomic E-state index is 12.8. The summed E-state index contributed by atoms with van der Waals surface area (Å²) in [5, 5.41) is 12.1. The smallest absolute Gasteiger partial charge is 0.341 e. The summed E-state index contributed by atoms with van der Waals surface area (Å²) in [6, 6.07) is 7.65. The van der Waals surface area contributed by atoms with Crippen molar-refractivity contribution in [1.29, 1.82) is 0 Å². The standard InChI is InChI=1S/C25H31N5O5S2/c1-7-8-13-35-17-11-9-16(10-12-17)21-27-28-25(30(21)5)36-14-18(31)26-22-19(24(33)34-6)15(2)20(37-22)23(32)29(3)4/h9-12H,7-8,13-14H2,1-6H3,(H,26,31). The number of carbonyl (C=O) groups is 3. The van der Waals surface area contributed by atoms with Crippen LogP contribution in [0.3, 0.4) is 0 Å². The van der Waals surface area contributed by atoms with Gasteiger partial charge in [0.25, 0.3) is 5.91 Å². The zero-order chi connectivity index (χ0) is 27.1. The van der Waals surface area contributed by atoms with Crippen molar-refractivity contribution in [3.8, 4) is 17.1 Å². The zero-order valence-electron chi connectivity index (χ0n) is 21.8. The number of amides is 2. The fraction of sp³-hybridized carbons (Fsp3) is 0.400. The highest BCUT2D eigenvalue weighted by Crippen LogP contribution is 2.34. The molecule has 0 aliphatic rings. The molecule has 0 aliphatic carbocycles. The van der Waals surface area contributed by atoms with Crippen molar-refractivity contribution in [2.75, 3.05) is 38.9 Å². The number of unbranched alkanes of at least 4 members (excludes halogenated alkanes) is 1. The molecule has 10 nitrogen and oxygen atoms in total. The van der Waals surface area contributed by atoms with Crippen LogP contribution in [0.15, 0.2) is 29.4 Å². The van der Waals surface area contributed by atoms with Crippen LogP contribution in [-0.4, -0.2) is 71.0 Å². The Labute approximate surface area is 224 Å². The maximum absolute atomic E-state index is 12.8. The molecule has 0 fully saturated rings. The number of nitrogens with one attached hydrogen (secondary N) is 1. The predicted octanol–water partition coefficient (Wildman–Crippen LogP) is 4.25. The van der Waals surface area contributed by atoms with Crippen LogP contribution in [0.4, 0.5) is 5.00 Å². The SMILES string of the molecule is CCCCOc1ccc(-c2nnc(SCC(=O)Nc3sc(C(=O)N(C)C)c(C)c3C(=O)OC)n2C)cc1. The molecule has 0 bridgehead atoms. The molecule has 12 heteroatoms. The minimum absolute atomic E-state index is 0.0324. The average Bonchev–Trinajstić information content (AvgIpc) is 3.41. The van der Waals surface area contributed by atoms with E-state index in [1.165, 1.54) is 23.8 Å². The highest BCUT2D eigenvalue weighted by atomic mass is 32.2. The van der Waals surface area contributed by atoms with Crippen LogP contribution in [0.2, 0.25) is 0 Å². The van der Waals surface area contributed by atoms with E-state index in [0.717, 1.165) is 35.5 Å². The van der Waals surface area contributed by atoms with Crippen LogP contribution in [0.1, 0.15) is 45.4 Å². The molecule has 37 heavy (non-hydrogen) atoms. The normalized spacial score (nSPS) is 10.8. The number of methoxy groups -OCH3 is 1. The molecule has 0 saturated carbocycles. The van der Waals surface area contributed by atoms with Crippen LogP contribution >= 0.6 is 23.1 Å². The van der Waals surface area contributed by atoms with Gasteiger partial charge in [-0.15, -0.1) is 21.5 Å². The van der Waals surface area contributed by atoms with Gasteiger partial charge in [0.05, 0.1) is 29.9 Å². The van der Waals surface area contributed by atoms with Gasteiger partial charge >= 0.3 is 5.97 Å². The van der Waals surface area contributed by atoms with Crippen molar-refractivity contribution < 1.29 is 23.9 Å². The van der Waals surface area contributed by atoms with Crippen LogP contribution in [0.25, 0.3) is 11.4 Å². The van der Waals surface area contributed by atoms with Gasteiger partial charge in [0.15, 0.2) is 11.0 Å². The second kappa shape index (κ2) is 12.7. The minimum Gasteiger partial charge on any atom is -0.494 e. The topological polar surface area (TPSA) is 116 Å². The Morgan fingerprint density at radius 2 is 1.86 bits per heavy atom. The summed E-state index contributed by atoms with van der Waals surface area (Å²) in [4.78, 5) is 39.4. The Morgan fingerprint density at radius 1 is 1.16 bits per heavy atom. The van der Waals surface area contributed by atoms with Gasteiger partial charge in [-0.2, -0.15) is 0 Å². The van der Waals surface area contributed by atoms with E-state index >= 15 is 0 Å². The number of anilines is 1. The third kappa shape index (κ3) is 6.69. The van der Waals surface area contributed by atoms with Gasteiger partial charge < -0.3 is 24.3 Å². The van der Waals surface area contributed by atoms with E-state index < -0.39 is 5.97 Å². The average molecular weight is 546 g/mol. The number of rotatable bonds is 11. The van der Waals surface area contributed by atoms with Crippen LogP contribution in [0.5, 0.6) is 5.75 Å². The summed E-state index contributed by atoms with van der Waals surface area (Å²) in [7, 11) is 6.34. The molecule has 2 aromatic heterocycles. The van der Waals surface area contributed by atoms with Crippen LogP contribution in [-0.2, 0) is 16.6 Å². The van der Waals surface area contributed by atoms with E-state index in [4.69, 9.17) is 9.47 Å². The third-order valence-corrected chi connectivity index (χ3v) is 7.65. The van der Waals surface area contributed by atoms with Crippen LogP contribution < -0.4 is 10.1 Å². The molecule has 1 aromatic carbocycles. The molecule has 0 saturated heterocycles. The summed E-state index contributed by atoms with van der Waals surface area (Å²) in [6.07, 6.45) is 2.08. The molecule has 1 N–H and O–H groups in total. The molecule has 3 aromatic rings. The van der Waals surface area contributed by atoms with E-state index in [9.17, 15) is 14.4 Å². The summed E-state index contributed by atoms with van der Waals surface area (Å²) >= 11 is 2.27. The molecule has 0 radical (unpaired) electrons. The van der Waals surface area contributed by atoms with Gasteiger partial charge in [-0.25, -0.2) is 4.79 Å². The molecule has 2 heterocycles. The number of benzene rings is 1. The summed E-state index contributed by atoms with van der Waals surface area (Å²) in [5.41, 5.74) is 1.53. The van der Waals surface area contributed by atoms with E-state index in [1.54, 1.807) is 21.0 Å². The fourth-order valence-corrected chi connectivity index (χ4v) is 5.32. The van der Waals surface area contributed by atoms with Crippen molar-refractivity contribution in [3.05, 3.63) is 40.3 Å². The summed E-state index contributed by atoms with van der Waals surface area (Å²) in [6.45, 7) is 4.46. The molecule has 0 atom stereocenters. The van der Waals surface area contributed by atoms with Crippen molar-refractivity contribution in [2.24, 2.45) is 7.05 Å². The van der Waals surface area contributed by atoms with Gasteiger partial charge in [-0.3, -0.25) is 9.59 Å². The lowest BCUT2D eigenvalue weighted by Crippen LogP contribution is -2.21. The highest BCUT2D eigenvalue weighted by Gasteiger charge is 2.27. The largest absolute Gasteiger partial charge is 0.494 e. The first kappa shape index (κ1) is 28.2. The Kier molecular flexibility index (Phi) is 9.70. The Hall–Kier alpha value is -3.38. The van der Waals surface area contributed by atoms with Crippen molar-refractivity contribution >= 4 is 45.9 Å². The van der Waals surface area contributed by atoms with Crippen molar-refractivity contribution in [1.82, 2.24) is 19.7 Å². The Morgan fingerprint density at radius 3 is 2.49 bits per heavy atom. The van der Waals surface area contributed by atoms with E-state index in [2.05, 4.69) is 22.4 Å². The van der Waals surface area contributed by atoms with E-state index in [-0.39, 0.29) is 28.1 Å². The molecule has 2 amide bonds. The monoisotopic (exact) mass is 545 g/mol. The number of ether oxygens (including phenoxy) is 2.